The first-order chi connectivity index (χ1) is 10.3. The second-order valence-electron chi connectivity index (χ2n) is 4.35. The minimum Gasteiger partial charge on any atom is -0.481 e. The number of guanidine groups is 1. The summed E-state index contributed by atoms with van der Waals surface area (Å²) >= 11 is 0. The topological polar surface area (TPSA) is 71.7 Å². The van der Waals surface area contributed by atoms with Gasteiger partial charge in [-0.1, -0.05) is 6.07 Å². The molecule has 0 aliphatic heterocycles. The van der Waals surface area contributed by atoms with Gasteiger partial charge in [0.25, 0.3) is 0 Å². The normalized spacial score (nSPS) is 11.2. The Morgan fingerprint density at radius 1 is 1.29 bits per heavy atom. The smallest absolute Gasteiger partial charge is 0.213 e. The fourth-order valence-corrected chi connectivity index (χ4v) is 1.82. The maximum Gasteiger partial charge on any atom is 0.213 e. The summed E-state index contributed by atoms with van der Waals surface area (Å²) in [5, 5.41) is 6.41. The highest BCUT2D eigenvalue weighted by Crippen LogP contribution is 2.06. The zero-order valence-corrected chi connectivity index (χ0v) is 12.3. The summed E-state index contributed by atoms with van der Waals surface area (Å²) in [6.45, 7) is 1.34. The third kappa shape index (κ3) is 4.83. The van der Waals surface area contributed by atoms with E-state index in [1.54, 1.807) is 20.4 Å². The van der Waals surface area contributed by atoms with Crippen LogP contribution in [0.4, 0.5) is 0 Å². The zero-order valence-electron chi connectivity index (χ0n) is 12.3. The van der Waals surface area contributed by atoms with Gasteiger partial charge in [-0.3, -0.25) is 4.99 Å². The van der Waals surface area contributed by atoms with E-state index >= 15 is 0 Å². The number of aromatic nitrogens is 1. The Balaban J connectivity index is 1.75. The van der Waals surface area contributed by atoms with Crippen molar-refractivity contribution >= 4 is 5.96 Å². The van der Waals surface area contributed by atoms with Crippen molar-refractivity contribution in [2.24, 2.45) is 4.99 Å². The van der Waals surface area contributed by atoms with Crippen molar-refractivity contribution in [1.29, 1.82) is 0 Å². The molecule has 112 valence electrons. The van der Waals surface area contributed by atoms with Crippen molar-refractivity contribution in [3.05, 3.63) is 48.0 Å². The van der Waals surface area contributed by atoms with Crippen LogP contribution in [0.15, 0.2) is 46.0 Å². The van der Waals surface area contributed by atoms with E-state index in [0.29, 0.717) is 12.4 Å². The van der Waals surface area contributed by atoms with Crippen molar-refractivity contribution in [2.45, 2.75) is 13.0 Å². The third-order valence-electron chi connectivity index (χ3n) is 2.90. The van der Waals surface area contributed by atoms with Crippen molar-refractivity contribution in [2.75, 3.05) is 20.7 Å². The number of pyridine rings is 1. The molecule has 0 aromatic carbocycles. The molecule has 0 atom stereocenters. The highest BCUT2D eigenvalue weighted by molar-refractivity contribution is 5.79. The molecular weight excluding hydrogens is 268 g/mol. The number of nitrogens with one attached hydrogen (secondary N) is 2. The van der Waals surface area contributed by atoms with Crippen LogP contribution < -0.4 is 15.4 Å². The molecule has 0 spiro atoms. The van der Waals surface area contributed by atoms with Crippen LogP contribution in [0.2, 0.25) is 0 Å². The van der Waals surface area contributed by atoms with Crippen LogP contribution in [0, 0.1) is 0 Å². The average molecular weight is 288 g/mol. The fraction of sp³-hybridized carbons (Fsp3) is 0.333. The summed E-state index contributed by atoms with van der Waals surface area (Å²) in [5.41, 5.74) is 0.975. The van der Waals surface area contributed by atoms with Crippen LogP contribution in [-0.4, -0.2) is 31.6 Å². The van der Waals surface area contributed by atoms with Gasteiger partial charge in [0.1, 0.15) is 5.76 Å². The summed E-state index contributed by atoms with van der Waals surface area (Å²) < 4.78 is 10.4. The van der Waals surface area contributed by atoms with Gasteiger partial charge in [-0.15, -0.1) is 0 Å². The number of hydrogen-bond donors (Lipinski definition) is 2. The Kier molecular flexibility index (Phi) is 5.63. The minimum atomic E-state index is 0.601. The summed E-state index contributed by atoms with van der Waals surface area (Å²) in [7, 11) is 3.35. The largest absolute Gasteiger partial charge is 0.481 e. The molecule has 2 N–H and O–H groups in total. The highest BCUT2D eigenvalue weighted by Gasteiger charge is 2.01. The van der Waals surface area contributed by atoms with Gasteiger partial charge in [0.2, 0.25) is 5.88 Å². The Bertz CT molecular complexity index is 567. The molecule has 6 heteroatoms. The lowest BCUT2D eigenvalue weighted by Gasteiger charge is -2.10. The lowest BCUT2D eigenvalue weighted by molar-refractivity contribution is 0.396. The van der Waals surface area contributed by atoms with Gasteiger partial charge in [-0.05, 0) is 18.2 Å². The van der Waals surface area contributed by atoms with Gasteiger partial charge in [-0.2, -0.15) is 0 Å². The van der Waals surface area contributed by atoms with Gasteiger partial charge in [0, 0.05) is 31.8 Å². The summed E-state index contributed by atoms with van der Waals surface area (Å²) in [5.74, 6) is 2.23. The molecule has 2 rings (SSSR count). The van der Waals surface area contributed by atoms with Gasteiger partial charge in [0.05, 0.1) is 19.9 Å². The predicted molar refractivity (Wildman–Crippen MR) is 81.4 cm³/mol. The number of aliphatic imine (C=N–C) groups is 1. The first-order valence-corrected chi connectivity index (χ1v) is 6.78. The molecule has 2 heterocycles. The first kappa shape index (κ1) is 14.9. The van der Waals surface area contributed by atoms with E-state index in [1.807, 2.05) is 30.3 Å². The van der Waals surface area contributed by atoms with Crippen LogP contribution in [0.25, 0.3) is 0 Å². The molecule has 0 saturated carbocycles. The van der Waals surface area contributed by atoms with E-state index in [2.05, 4.69) is 20.6 Å². The van der Waals surface area contributed by atoms with Crippen LogP contribution >= 0.6 is 0 Å². The second-order valence-corrected chi connectivity index (χ2v) is 4.35. The standard InChI is InChI=1S/C15H20N4O2/c1-16-15(18-11-13-6-4-10-21-13)17-9-8-12-5-3-7-14(19-12)20-2/h3-7,10H,8-9,11H2,1-2H3,(H2,16,17,18). The van der Waals surface area contributed by atoms with Gasteiger partial charge in [-0.25, -0.2) is 4.98 Å². The number of nitrogens with zero attached hydrogens (tertiary/aromatic N) is 2. The number of furan rings is 1. The maximum absolute atomic E-state index is 5.26. The minimum absolute atomic E-state index is 0.601. The molecule has 2 aromatic heterocycles. The Hall–Kier alpha value is -2.50. The van der Waals surface area contributed by atoms with E-state index in [9.17, 15) is 0 Å². The summed E-state index contributed by atoms with van der Waals surface area (Å²) in [6.07, 6.45) is 2.44. The fourth-order valence-electron chi connectivity index (χ4n) is 1.82. The van der Waals surface area contributed by atoms with Crippen molar-refractivity contribution in [1.82, 2.24) is 15.6 Å². The Morgan fingerprint density at radius 3 is 2.90 bits per heavy atom. The van der Waals surface area contributed by atoms with Crippen LogP contribution in [0.5, 0.6) is 5.88 Å². The van der Waals surface area contributed by atoms with E-state index in [4.69, 9.17) is 9.15 Å². The van der Waals surface area contributed by atoms with Crippen molar-refractivity contribution < 1.29 is 9.15 Å². The molecule has 0 unspecified atom stereocenters. The molecule has 0 aliphatic rings. The first-order valence-electron chi connectivity index (χ1n) is 6.78. The van der Waals surface area contributed by atoms with E-state index < -0.39 is 0 Å². The molecule has 6 nitrogen and oxygen atoms in total. The zero-order chi connectivity index (χ0) is 14.9. The van der Waals surface area contributed by atoms with Crippen LogP contribution in [0.1, 0.15) is 11.5 Å². The second kappa shape index (κ2) is 7.94. The maximum atomic E-state index is 5.26. The van der Waals surface area contributed by atoms with Gasteiger partial charge < -0.3 is 19.8 Å². The Labute approximate surface area is 124 Å². The number of rotatable bonds is 6. The predicted octanol–water partition coefficient (Wildman–Crippen LogP) is 1.59. The van der Waals surface area contributed by atoms with Gasteiger partial charge in [0.15, 0.2) is 5.96 Å². The average Bonchev–Trinajstić information content (AvgIpc) is 3.04. The Morgan fingerprint density at radius 2 is 2.19 bits per heavy atom. The van der Waals surface area contributed by atoms with Gasteiger partial charge >= 0.3 is 0 Å². The molecule has 2 aromatic rings. The SMILES string of the molecule is CN=C(NCCc1cccc(OC)n1)NCc1ccco1. The number of methoxy groups -OCH3 is 1. The molecule has 0 bridgehead atoms. The molecule has 0 amide bonds. The molecule has 0 saturated heterocycles. The lowest BCUT2D eigenvalue weighted by atomic mass is 10.3. The molecule has 0 aliphatic carbocycles. The van der Waals surface area contributed by atoms with E-state index in [-0.39, 0.29) is 0 Å². The highest BCUT2D eigenvalue weighted by atomic mass is 16.5. The molecular formula is C15H20N4O2. The summed E-state index contributed by atoms with van der Waals surface area (Å²) in [6, 6.07) is 9.53. The van der Waals surface area contributed by atoms with E-state index in [1.165, 1.54) is 0 Å². The molecule has 21 heavy (non-hydrogen) atoms. The summed E-state index contributed by atoms with van der Waals surface area (Å²) in [4.78, 5) is 8.52. The van der Waals surface area contributed by atoms with Crippen LogP contribution in [0.3, 0.4) is 0 Å². The lowest BCUT2D eigenvalue weighted by Crippen LogP contribution is -2.37. The number of ether oxygens (including phenoxy) is 1. The monoisotopic (exact) mass is 288 g/mol. The van der Waals surface area contributed by atoms with E-state index in [0.717, 1.165) is 30.4 Å². The number of hydrogen-bond acceptors (Lipinski definition) is 4. The third-order valence-corrected chi connectivity index (χ3v) is 2.90. The van der Waals surface area contributed by atoms with Crippen LogP contribution in [-0.2, 0) is 13.0 Å². The molecule has 0 fully saturated rings. The van der Waals surface area contributed by atoms with Crippen molar-refractivity contribution in [3.63, 3.8) is 0 Å². The molecule has 0 radical (unpaired) electrons. The van der Waals surface area contributed by atoms with Crippen molar-refractivity contribution in [3.8, 4) is 5.88 Å². The quantitative estimate of drug-likeness (QED) is 0.624.